The minimum absolute atomic E-state index is 0.0370. The zero-order valence-electron chi connectivity index (χ0n) is 21.5. The van der Waals surface area contributed by atoms with Gasteiger partial charge in [0, 0.05) is 24.3 Å². The second-order valence-corrected chi connectivity index (χ2v) is 7.06. The summed E-state index contributed by atoms with van der Waals surface area (Å²) in [6.07, 6.45) is 4.10. The molecule has 1 aromatic carbocycles. The van der Waals surface area contributed by atoms with Gasteiger partial charge in [0.05, 0.1) is 20.3 Å². The Hall–Kier alpha value is -2.20. The molecule has 1 unspecified atom stereocenters. The number of hydrogen-bond donors (Lipinski definition) is 3. The van der Waals surface area contributed by atoms with Gasteiger partial charge >= 0.3 is 5.97 Å². The Labute approximate surface area is 204 Å². The third-order valence-electron chi connectivity index (χ3n) is 4.45. The number of phenols is 1. The van der Waals surface area contributed by atoms with Crippen LogP contribution in [0.5, 0.6) is 11.5 Å². The molecule has 0 bridgehead atoms. The fraction of sp³-hybridized carbons (Fsp3) is 0.680. The molecule has 0 amide bonds. The minimum Gasteiger partial charge on any atom is -0.504 e. The maximum absolute atomic E-state index is 10.8. The molecule has 1 rings (SSSR count). The molecule has 0 saturated carbocycles. The fourth-order valence-electron chi connectivity index (χ4n) is 2.72. The third kappa shape index (κ3) is 15.6. The maximum Gasteiger partial charge on any atom is 0.337 e. The lowest BCUT2D eigenvalue weighted by molar-refractivity contribution is -0.155. The number of benzene rings is 1. The van der Waals surface area contributed by atoms with E-state index in [2.05, 4.69) is 6.92 Å². The molecule has 9 nitrogen and oxygen atoms in total. The Kier molecular flexibility index (Phi) is 22.6. The molecule has 0 aliphatic carbocycles. The zero-order valence-corrected chi connectivity index (χ0v) is 21.5. The van der Waals surface area contributed by atoms with Gasteiger partial charge in [0.2, 0.25) is 0 Å². The number of phenolic OH excluding ortho intramolecular Hbond substituents is 1. The van der Waals surface area contributed by atoms with E-state index >= 15 is 0 Å². The molecule has 0 aliphatic heterocycles. The molecule has 34 heavy (non-hydrogen) atoms. The molecule has 3 N–H and O–H groups in total. The standard InChI is InChI=1S/C10H12O3.C9H18O4.C6H14O2/c1-3-8-7(6-11)4-5-9(12)10(8)13-2;1-2-3-4-5-6-13-9(12)8(11)7-10;1-4-7-6(3)8-5-2/h4-6,12H,3H2,1-2H3;8,10-11H,2-7H2,1H3;6H,4-5H2,1-3H3. The molecule has 0 spiro atoms. The van der Waals surface area contributed by atoms with E-state index in [1.807, 2.05) is 27.7 Å². The van der Waals surface area contributed by atoms with Crippen molar-refractivity contribution in [1.82, 2.24) is 0 Å². The van der Waals surface area contributed by atoms with Gasteiger partial charge in [0.1, 0.15) is 6.29 Å². The van der Waals surface area contributed by atoms with Gasteiger partial charge in [-0.25, -0.2) is 4.79 Å². The number of ether oxygens (including phenoxy) is 4. The molecular formula is C25H44O9. The van der Waals surface area contributed by atoms with Crippen LogP contribution in [-0.4, -0.2) is 73.5 Å². The van der Waals surface area contributed by atoms with Gasteiger partial charge in [0.15, 0.2) is 23.9 Å². The van der Waals surface area contributed by atoms with Crippen LogP contribution in [0.25, 0.3) is 0 Å². The number of aliphatic hydroxyl groups excluding tert-OH is 2. The highest BCUT2D eigenvalue weighted by Crippen LogP contribution is 2.32. The molecule has 0 saturated heterocycles. The van der Waals surface area contributed by atoms with Crippen LogP contribution < -0.4 is 4.74 Å². The number of aromatic hydroxyl groups is 1. The van der Waals surface area contributed by atoms with Crippen LogP contribution >= 0.6 is 0 Å². The monoisotopic (exact) mass is 488 g/mol. The van der Waals surface area contributed by atoms with Crippen molar-refractivity contribution < 1.29 is 43.9 Å². The zero-order chi connectivity index (χ0) is 26.4. The number of carbonyl (C=O) groups excluding carboxylic acids is 2. The highest BCUT2D eigenvalue weighted by atomic mass is 16.7. The Morgan fingerprint density at radius 3 is 2.12 bits per heavy atom. The largest absolute Gasteiger partial charge is 0.504 e. The molecule has 0 aliphatic rings. The molecule has 198 valence electrons. The van der Waals surface area contributed by atoms with Gasteiger partial charge < -0.3 is 34.3 Å². The number of methoxy groups -OCH3 is 1. The predicted molar refractivity (Wildman–Crippen MR) is 130 cm³/mol. The molecule has 1 atom stereocenters. The molecule has 0 aromatic heterocycles. The van der Waals surface area contributed by atoms with E-state index < -0.39 is 18.7 Å². The van der Waals surface area contributed by atoms with Crippen LogP contribution in [-0.2, 0) is 25.4 Å². The Morgan fingerprint density at radius 2 is 1.68 bits per heavy atom. The third-order valence-corrected chi connectivity index (χ3v) is 4.45. The molecular weight excluding hydrogens is 444 g/mol. The highest BCUT2D eigenvalue weighted by molar-refractivity contribution is 5.79. The van der Waals surface area contributed by atoms with Crippen LogP contribution in [0.2, 0.25) is 0 Å². The average molecular weight is 489 g/mol. The van der Waals surface area contributed by atoms with Gasteiger partial charge in [-0.3, -0.25) is 4.79 Å². The minimum atomic E-state index is -1.38. The molecule has 9 heteroatoms. The van der Waals surface area contributed by atoms with Crippen molar-refractivity contribution in [2.24, 2.45) is 0 Å². The second-order valence-electron chi connectivity index (χ2n) is 7.06. The quantitative estimate of drug-likeness (QED) is 0.155. The van der Waals surface area contributed by atoms with Gasteiger partial charge in [-0.15, -0.1) is 0 Å². The molecule has 0 fully saturated rings. The van der Waals surface area contributed by atoms with Crippen LogP contribution in [0.3, 0.4) is 0 Å². The summed E-state index contributed by atoms with van der Waals surface area (Å²) >= 11 is 0. The topological polar surface area (TPSA) is 132 Å². The number of unbranched alkanes of at least 4 members (excludes halogenated alkanes) is 3. The SMILES string of the molecule is CCCCCCOC(=O)C(O)CO.CCOC(C)OCC.CCc1c(C=O)ccc(O)c1OC. The highest BCUT2D eigenvalue weighted by Gasteiger charge is 2.14. The van der Waals surface area contributed by atoms with Gasteiger partial charge in [-0.05, 0) is 45.7 Å². The number of hydrogen-bond acceptors (Lipinski definition) is 9. The summed E-state index contributed by atoms with van der Waals surface area (Å²) in [5.41, 5.74) is 1.31. The normalized spacial score (nSPS) is 11.0. The first-order valence-electron chi connectivity index (χ1n) is 11.8. The van der Waals surface area contributed by atoms with E-state index in [1.54, 1.807) is 6.07 Å². The van der Waals surface area contributed by atoms with E-state index in [9.17, 15) is 14.7 Å². The van der Waals surface area contributed by atoms with Crippen molar-refractivity contribution in [3.05, 3.63) is 23.3 Å². The number of carbonyl (C=O) groups is 2. The summed E-state index contributed by atoms with van der Waals surface area (Å²) < 4.78 is 19.8. The van der Waals surface area contributed by atoms with Crippen molar-refractivity contribution in [1.29, 1.82) is 0 Å². The van der Waals surface area contributed by atoms with Crippen molar-refractivity contribution >= 4 is 12.3 Å². The van der Waals surface area contributed by atoms with Crippen molar-refractivity contribution in [3.63, 3.8) is 0 Å². The van der Waals surface area contributed by atoms with Crippen molar-refractivity contribution in [3.8, 4) is 11.5 Å². The van der Waals surface area contributed by atoms with Crippen LogP contribution in [0, 0.1) is 0 Å². The van der Waals surface area contributed by atoms with Crippen LogP contribution in [0.15, 0.2) is 12.1 Å². The number of aldehydes is 1. The summed E-state index contributed by atoms with van der Waals surface area (Å²) in [6, 6.07) is 3.05. The number of esters is 1. The number of aliphatic hydroxyl groups is 2. The lowest BCUT2D eigenvalue weighted by Gasteiger charge is -2.10. The maximum atomic E-state index is 10.8. The Balaban J connectivity index is 0. The summed E-state index contributed by atoms with van der Waals surface area (Å²) in [6.45, 7) is 11.0. The number of rotatable bonds is 14. The van der Waals surface area contributed by atoms with E-state index in [0.717, 1.165) is 50.7 Å². The van der Waals surface area contributed by atoms with E-state index in [1.165, 1.54) is 13.2 Å². The second kappa shape index (κ2) is 22.6. The lowest BCUT2D eigenvalue weighted by Crippen LogP contribution is -2.26. The van der Waals surface area contributed by atoms with Gasteiger partial charge in [-0.1, -0.05) is 33.1 Å². The van der Waals surface area contributed by atoms with Crippen LogP contribution in [0.4, 0.5) is 0 Å². The van der Waals surface area contributed by atoms with Crippen molar-refractivity contribution in [2.75, 3.05) is 33.5 Å². The average Bonchev–Trinajstić information content (AvgIpc) is 2.84. The smallest absolute Gasteiger partial charge is 0.337 e. The lowest BCUT2D eigenvalue weighted by atomic mass is 10.0. The summed E-state index contributed by atoms with van der Waals surface area (Å²) in [7, 11) is 1.47. The first kappa shape index (κ1) is 34.0. The van der Waals surface area contributed by atoms with Gasteiger partial charge in [0.25, 0.3) is 0 Å². The van der Waals surface area contributed by atoms with Crippen LogP contribution in [0.1, 0.15) is 76.2 Å². The fourth-order valence-corrected chi connectivity index (χ4v) is 2.72. The van der Waals surface area contributed by atoms with E-state index in [0.29, 0.717) is 24.3 Å². The Bertz CT molecular complexity index is 644. The molecule has 0 radical (unpaired) electrons. The predicted octanol–water partition coefficient (Wildman–Crippen LogP) is 3.64. The van der Waals surface area contributed by atoms with E-state index in [-0.39, 0.29) is 12.0 Å². The first-order valence-corrected chi connectivity index (χ1v) is 11.8. The van der Waals surface area contributed by atoms with E-state index in [4.69, 9.17) is 29.2 Å². The first-order chi connectivity index (χ1) is 16.3. The molecule has 0 heterocycles. The van der Waals surface area contributed by atoms with Gasteiger partial charge in [-0.2, -0.15) is 0 Å². The summed E-state index contributed by atoms with van der Waals surface area (Å²) in [5.74, 6) is -0.268. The summed E-state index contributed by atoms with van der Waals surface area (Å²) in [4.78, 5) is 21.4. The van der Waals surface area contributed by atoms with Crippen molar-refractivity contribution in [2.45, 2.75) is 79.1 Å². The summed E-state index contributed by atoms with van der Waals surface area (Å²) in [5, 5.41) is 26.6. The molecule has 1 aromatic rings. The Morgan fingerprint density at radius 1 is 1.06 bits per heavy atom.